The molecule has 9 nitrogen and oxygen atoms in total. The lowest BCUT2D eigenvalue weighted by atomic mass is 9.44. The molecule has 2 saturated heterocycles. The number of hydrogen-bond acceptors (Lipinski definition) is 7. The topological polar surface area (TPSA) is 131 Å². The number of morpholine rings is 1. The van der Waals surface area contributed by atoms with E-state index in [1.165, 1.54) is 70.9 Å². The highest BCUT2D eigenvalue weighted by atomic mass is 16.5. The van der Waals surface area contributed by atoms with Gasteiger partial charge in [-0.2, -0.15) is 0 Å². The summed E-state index contributed by atoms with van der Waals surface area (Å²) in [4.78, 5) is 24.0. The fourth-order valence-corrected chi connectivity index (χ4v) is 10.3. The maximum atomic E-state index is 11.7. The van der Waals surface area contributed by atoms with Crippen LogP contribution in [-0.2, 0) is 14.3 Å². The number of ether oxygens (including phenoxy) is 1. The highest BCUT2D eigenvalue weighted by Gasteiger charge is 2.63. The van der Waals surface area contributed by atoms with Gasteiger partial charge in [-0.25, -0.2) is 0 Å². The van der Waals surface area contributed by atoms with Crippen LogP contribution in [0.5, 0.6) is 0 Å². The van der Waals surface area contributed by atoms with Gasteiger partial charge in [0.25, 0.3) is 0 Å². The molecule has 9 heteroatoms. The van der Waals surface area contributed by atoms with E-state index in [1.54, 1.807) is 13.8 Å². The zero-order chi connectivity index (χ0) is 32.1. The summed E-state index contributed by atoms with van der Waals surface area (Å²) in [6, 6.07) is 0.683. The Morgan fingerprint density at radius 1 is 0.750 bits per heavy atom. The maximum absolute atomic E-state index is 11.7. The normalized spacial score (nSPS) is 42.6. The van der Waals surface area contributed by atoms with E-state index in [9.17, 15) is 19.8 Å². The van der Waals surface area contributed by atoms with Crippen LogP contribution < -0.4 is 0 Å². The van der Waals surface area contributed by atoms with Gasteiger partial charge < -0.3 is 25.2 Å². The van der Waals surface area contributed by atoms with E-state index in [1.807, 2.05) is 0 Å². The predicted octanol–water partition coefficient (Wildman–Crippen LogP) is 4.88. The molecule has 10 atom stereocenters. The number of fused-ring (bicyclic) bond motifs is 5. The van der Waals surface area contributed by atoms with Gasteiger partial charge in [-0.3, -0.25) is 19.4 Å². The van der Waals surface area contributed by atoms with Crippen molar-refractivity contribution in [2.75, 3.05) is 39.4 Å². The number of aliphatic hydroxyl groups is 2. The van der Waals surface area contributed by atoms with Gasteiger partial charge in [0, 0.05) is 38.0 Å². The van der Waals surface area contributed by atoms with Gasteiger partial charge in [0.15, 0.2) is 0 Å². The van der Waals surface area contributed by atoms with Gasteiger partial charge in [-0.15, -0.1) is 0 Å². The fraction of sp³-hybridized carbons (Fsp3) is 0.943. The summed E-state index contributed by atoms with van der Waals surface area (Å²) in [5.41, 5.74) is 0.428. The Kier molecular flexibility index (Phi) is 12.6. The van der Waals surface area contributed by atoms with Crippen molar-refractivity contribution in [3.8, 4) is 0 Å². The van der Waals surface area contributed by atoms with Gasteiger partial charge in [0.1, 0.15) is 0 Å². The van der Waals surface area contributed by atoms with Crippen LogP contribution in [-0.4, -0.2) is 106 Å². The SMILES string of the molecule is CCC(=O)O.CCC(=O)O.C[C@]12C[C@H](N3CCOCC3)[C@@H](O)C[C@@H]1CC[C@@H]1[C@@H]2CC[C@]2(C)[C@@H](O)[C@@H](N3CCCCCC3)C[C@@H]12. The zero-order valence-corrected chi connectivity index (χ0v) is 28.0. The number of nitrogens with zero attached hydrogens (tertiary/aromatic N) is 2. The van der Waals surface area contributed by atoms with Crippen molar-refractivity contribution >= 4 is 11.9 Å². The van der Waals surface area contributed by atoms with E-state index < -0.39 is 11.9 Å². The Morgan fingerprint density at radius 3 is 1.89 bits per heavy atom. The molecule has 0 bridgehead atoms. The molecule has 0 spiro atoms. The van der Waals surface area contributed by atoms with Crippen molar-refractivity contribution < 1.29 is 34.8 Å². The Labute approximate surface area is 265 Å². The molecule has 0 radical (unpaired) electrons. The molecule has 0 aromatic carbocycles. The molecule has 254 valence electrons. The number of carboxylic acid groups (broad SMARTS) is 2. The summed E-state index contributed by atoms with van der Waals surface area (Å²) in [6.07, 6.45) is 13.9. The monoisotopic (exact) mass is 622 g/mol. The van der Waals surface area contributed by atoms with Gasteiger partial charge in [0.2, 0.25) is 0 Å². The van der Waals surface area contributed by atoms with Crippen molar-refractivity contribution in [3.05, 3.63) is 0 Å². The predicted molar refractivity (Wildman–Crippen MR) is 170 cm³/mol. The quantitative estimate of drug-likeness (QED) is 0.347. The van der Waals surface area contributed by atoms with Crippen LogP contribution in [0.25, 0.3) is 0 Å². The summed E-state index contributed by atoms with van der Waals surface area (Å²) in [7, 11) is 0. The molecule has 2 heterocycles. The summed E-state index contributed by atoms with van der Waals surface area (Å²) >= 11 is 0. The number of aliphatic carboxylic acids is 2. The lowest BCUT2D eigenvalue weighted by Crippen LogP contribution is -2.61. The third-order valence-electron chi connectivity index (χ3n) is 12.9. The highest BCUT2D eigenvalue weighted by molar-refractivity contribution is 5.66. The molecule has 0 aromatic heterocycles. The van der Waals surface area contributed by atoms with Crippen LogP contribution in [0.1, 0.15) is 111 Å². The molecule has 0 unspecified atom stereocenters. The molecule has 44 heavy (non-hydrogen) atoms. The summed E-state index contributed by atoms with van der Waals surface area (Å²) in [6.45, 7) is 14.2. The number of carbonyl (C=O) groups is 2. The first kappa shape index (κ1) is 35.6. The van der Waals surface area contributed by atoms with E-state index in [4.69, 9.17) is 14.9 Å². The van der Waals surface area contributed by atoms with Crippen molar-refractivity contribution in [2.45, 2.75) is 135 Å². The second kappa shape index (κ2) is 15.6. The Bertz CT molecular complexity index is 922. The Morgan fingerprint density at radius 2 is 1.32 bits per heavy atom. The third-order valence-corrected chi connectivity index (χ3v) is 12.9. The van der Waals surface area contributed by atoms with Gasteiger partial charge >= 0.3 is 11.9 Å². The number of likely N-dealkylation sites (tertiary alicyclic amines) is 1. The minimum absolute atomic E-state index is 0.0964. The number of aliphatic hydroxyl groups excluding tert-OH is 2. The van der Waals surface area contributed by atoms with Crippen molar-refractivity contribution in [3.63, 3.8) is 0 Å². The standard InChI is InChI=1S/C29H50N2O3.2C3H6O2/c1-28-10-9-22-21(23(28)18-24(27(28)33)30-11-5-3-4-6-12-30)8-7-20-17-26(32)25(19-29(20,22)2)31-13-15-34-16-14-31;2*1-2-3(4)5/h20-27,32-33H,3-19H2,1-2H3;2*2H2,1H3,(H,4,5)/t20-,21+,22-,23-,24-,25-,26-,27-,28-,29-;;/m0../s1. The number of hydrogen-bond donors (Lipinski definition) is 4. The van der Waals surface area contributed by atoms with Crippen LogP contribution >= 0.6 is 0 Å². The molecule has 6 rings (SSSR count). The molecule has 4 N–H and O–H groups in total. The van der Waals surface area contributed by atoms with Gasteiger partial charge in [-0.05, 0) is 105 Å². The van der Waals surface area contributed by atoms with Crippen molar-refractivity contribution in [2.24, 2.45) is 34.5 Å². The largest absolute Gasteiger partial charge is 0.481 e. The lowest BCUT2D eigenvalue weighted by molar-refractivity contribution is -0.158. The van der Waals surface area contributed by atoms with Crippen molar-refractivity contribution in [1.29, 1.82) is 0 Å². The zero-order valence-electron chi connectivity index (χ0n) is 28.0. The van der Waals surface area contributed by atoms with Crippen LogP contribution in [0.4, 0.5) is 0 Å². The average molecular weight is 623 g/mol. The molecule has 6 fully saturated rings. The number of carboxylic acids is 2. The van der Waals surface area contributed by atoms with E-state index >= 15 is 0 Å². The fourth-order valence-electron chi connectivity index (χ4n) is 10.3. The minimum Gasteiger partial charge on any atom is -0.481 e. The molecule has 4 saturated carbocycles. The molecule has 4 aliphatic carbocycles. The van der Waals surface area contributed by atoms with Gasteiger partial charge in [-0.1, -0.05) is 40.5 Å². The smallest absolute Gasteiger partial charge is 0.303 e. The summed E-state index contributed by atoms with van der Waals surface area (Å²) in [5, 5.41) is 38.3. The molecule has 0 amide bonds. The summed E-state index contributed by atoms with van der Waals surface area (Å²) < 4.78 is 5.63. The van der Waals surface area contributed by atoms with E-state index in [0.717, 1.165) is 51.0 Å². The number of rotatable bonds is 4. The van der Waals surface area contributed by atoms with E-state index in [0.29, 0.717) is 29.3 Å². The van der Waals surface area contributed by atoms with E-state index in [-0.39, 0.29) is 30.5 Å². The Hall–Kier alpha value is -1.26. The second-order valence-corrected chi connectivity index (χ2v) is 15.1. The second-order valence-electron chi connectivity index (χ2n) is 15.1. The first-order valence-corrected chi connectivity index (χ1v) is 17.8. The molecule has 6 aliphatic rings. The minimum atomic E-state index is -0.745. The molecular weight excluding hydrogens is 560 g/mol. The molecular formula is C35H62N2O7. The average Bonchev–Trinajstić information content (AvgIpc) is 3.16. The highest BCUT2D eigenvalue weighted by Crippen LogP contribution is 2.66. The maximum Gasteiger partial charge on any atom is 0.303 e. The first-order valence-electron chi connectivity index (χ1n) is 17.8. The van der Waals surface area contributed by atoms with Gasteiger partial charge in [0.05, 0.1) is 25.4 Å². The van der Waals surface area contributed by atoms with Crippen molar-refractivity contribution in [1.82, 2.24) is 9.80 Å². The van der Waals surface area contributed by atoms with Crippen LogP contribution in [0.2, 0.25) is 0 Å². The van der Waals surface area contributed by atoms with Crippen LogP contribution in [0.3, 0.4) is 0 Å². The van der Waals surface area contributed by atoms with Crippen LogP contribution in [0.15, 0.2) is 0 Å². The molecule has 0 aromatic rings. The lowest BCUT2D eigenvalue weighted by Gasteiger charge is -2.62. The Balaban J connectivity index is 0.000000386. The first-order chi connectivity index (χ1) is 21.0. The third kappa shape index (κ3) is 7.64. The summed E-state index contributed by atoms with van der Waals surface area (Å²) in [5.74, 6) is 1.36. The van der Waals surface area contributed by atoms with E-state index in [2.05, 4.69) is 23.6 Å². The van der Waals surface area contributed by atoms with Crippen LogP contribution in [0, 0.1) is 34.5 Å². The molecule has 2 aliphatic heterocycles.